The number of carbonyl (C=O) groups excluding carboxylic acids is 1. The molecule has 7 heteroatoms. The van der Waals surface area contributed by atoms with Crippen LogP contribution in [0, 0.1) is 5.92 Å². The van der Waals surface area contributed by atoms with Crippen molar-refractivity contribution in [3.63, 3.8) is 0 Å². The molecule has 0 saturated carbocycles. The molecule has 0 aliphatic carbocycles. The Kier molecular flexibility index (Phi) is 10.6. The zero-order valence-corrected chi connectivity index (χ0v) is 17.3. The first kappa shape index (κ1) is 23.3. The molecule has 1 aromatic rings. The Labute approximate surface area is 173 Å². The van der Waals surface area contributed by atoms with E-state index in [1.165, 1.54) is 5.56 Å². The molecule has 1 N–H and O–H groups in total. The molecule has 0 aromatic heterocycles. The van der Waals surface area contributed by atoms with Crippen molar-refractivity contribution in [3.05, 3.63) is 40.9 Å². The topological polar surface area (TPSA) is 35.6 Å². The molecule has 2 aliphatic rings. The highest BCUT2D eigenvalue weighted by molar-refractivity contribution is 6.30. The molecule has 2 saturated heterocycles. The second-order valence-corrected chi connectivity index (χ2v) is 7.09. The number of likely N-dealkylation sites (tertiary alicyclic amines) is 1. The molecule has 1 aromatic carbocycles. The van der Waals surface area contributed by atoms with E-state index in [0.717, 1.165) is 57.1 Å². The van der Waals surface area contributed by atoms with Crippen molar-refractivity contribution in [3.8, 4) is 0 Å². The lowest BCUT2D eigenvalue weighted by Gasteiger charge is -2.33. The molecular weight excluding hydrogens is 393 g/mol. The average molecular weight is 421 g/mol. The van der Waals surface area contributed by atoms with Crippen LogP contribution >= 0.6 is 36.4 Å². The highest BCUT2D eigenvalue weighted by Crippen LogP contribution is 2.20. The van der Waals surface area contributed by atoms with Gasteiger partial charge in [0.05, 0.1) is 6.54 Å². The van der Waals surface area contributed by atoms with Gasteiger partial charge >= 0.3 is 0 Å². The summed E-state index contributed by atoms with van der Waals surface area (Å²) in [6.07, 6.45) is 6.55. The first-order chi connectivity index (χ1) is 11.7. The Bertz CT molecular complexity index is 566. The third-order valence-electron chi connectivity index (χ3n) is 4.89. The number of nitrogens with one attached hydrogen (secondary N) is 1. The van der Waals surface area contributed by atoms with Crippen molar-refractivity contribution in [2.24, 2.45) is 5.92 Å². The number of hydrogen-bond acceptors (Lipinski definition) is 3. The zero-order chi connectivity index (χ0) is 16.8. The van der Waals surface area contributed by atoms with E-state index in [0.29, 0.717) is 12.5 Å². The predicted molar refractivity (Wildman–Crippen MR) is 114 cm³/mol. The normalized spacial score (nSPS) is 19.0. The number of hydrogen-bond donors (Lipinski definition) is 1. The van der Waals surface area contributed by atoms with Gasteiger partial charge in [-0.25, -0.2) is 0 Å². The second-order valence-electron chi connectivity index (χ2n) is 6.66. The summed E-state index contributed by atoms with van der Waals surface area (Å²) in [7, 11) is 0. The number of amides is 1. The van der Waals surface area contributed by atoms with E-state index in [1.807, 2.05) is 29.2 Å². The Balaban J connectivity index is 0.00000169. The summed E-state index contributed by atoms with van der Waals surface area (Å²) < 4.78 is 0. The molecule has 1 amide bonds. The quantitative estimate of drug-likeness (QED) is 0.811. The van der Waals surface area contributed by atoms with Crippen molar-refractivity contribution >= 4 is 48.4 Å². The fourth-order valence-electron chi connectivity index (χ4n) is 3.32. The Morgan fingerprint density at radius 3 is 2.31 bits per heavy atom. The van der Waals surface area contributed by atoms with Gasteiger partial charge in [-0.2, -0.15) is 0 Å². The van der Waals surface area contributed by atoms with Crippen molar-refractivity contribution in [1.29, 1.82) is 0 Å². The largest absolute Gasteiger partial charge is 0.342 e. The molecule has 2 aliphatic heterocycles. The lowest BCUT2D eigenvalue weighted by atomic mass is 9.95. The van der Waals surface area contributed by atoms with Gasteiger partial charge in [0.1, 0.15) is 0 Å². The molecule has 2 fully saturated rings. The van der Waals surface area contributed by atoms with Crippen LogP contribution in [0.5, 0.6) is 0 Å². The van der Waals surface area contributed by atoms with Crippen LogP contribution in [-0.4, -0.2) is 61.5 Å². The van der Waals surface area contributed by atoms with Crippen LogP contribution < -0.4 is 5.32 Å². The van der Waals surface area contributed by atoms with Crippen LogP contribution in [0.25, 0.3) is 6.08 Å². The lowest BCUT2D eigenvalue weighted by molar-refractivity contribution is -0.133. The van der Waals surface area contributed by atoms with Gasteiger partial charge in [0.2, 0.25) is 5.91 Å². The fourth-order valence-corrected chi connectivity index (χ4v) is 3.45. The summed E-state index contributed by atoms with van der Waals surface area (Å²) in [6.45, 7) is 6.27. The van der Waals surface area contributed by atoms with E-state index in [1.54, 1.807) is 0 Å². The fraction of sp³-hybridized carbons (Fsp3) is 0.526. The van der Waals surface area contributed by atoms with E-state index in [9.17, 15) is 4.79 Å². The first-order valence-electron chi connectivity index (χ1n) is 8.85. The average Bonchev–Trinajstić information content (AvgIpc) is 2.62. The Morgan fingerprint density at radius 2 is 1.69 bits per heavy atom. The SMILES string of the molecule is Cl.Cl.O=C(CN1CCNCC1)N1CCC(C=Cc2ccc(Cl)cc2)CC1. The molecule has 0 radical (unpaired) electrons. The van der Waals surface area contributed by atoms with E-state index >= 15 is 0 Å². The summed E-state index contributed by atoms with van der Waals surface area (Å²) in [6, 6.07) is 7.90. The molecule has 0 unspecified atom stereocenters. The third kappa shape index (κ3) is 7.09. The maximum Gasteiger partial charge on any atom is 0.236 e. The van der Waals surface area contributed by atoms with E-state index in [4.69, 9.17) is 11.6 Å². The molecule has 26 heavy (non-hydrogen) atoms. The molecule has 146 valence electrons. The smallest absolute Gasteiger partial charge is 0.236 e. The van der Waals surface area contributed by atoms with Crippen LogP contribution in [-0.2, 0) is 4.79 Å². The number of carbonyl (C=O) groups is 1. The maximum absolute atomic E-state index is 12.4. The summed E-state index contributed by atoms with van der Waals surface area (Å²) in [5, 5.41) is 4.09. The van der Waals surface area contributed by atoms with Crippen molar-refractivity contribution in [2.75, 3.05) is 45.8 Å². The Morgan fingerprint density at radius 1 is 1.08 bits per heavy atom. The number of allylic oxidation sites excluding steroid dienone is 1. The van der Waals surface area contributed by atoms with Gasteiger partial charge in [0, 0.05) is 44.3 Å². The number of rotatable bonds is 4. The first-order valence-corrected chi connectivity index (χ1v) is 9.23. The van der Waals surface area contributed by atoms with Crippen molar-refractivity contribution < 1.29 is 4.79 Å². The molecule has 0 spiro atoms. The van der Waals surface area contributed by atoms with Gasteiger partial charge in [-0.3, -0.25) is 9.69 Å². The molecular formula is C19H28Cl3N3O. The second kappa shape index (κ2) is 11.8. The van der Waals surface area contributed by atoms with Crippen LogP contribution in [0.1, 0.15) is 18.4 Å². The molecule has 3 rings (SSSR count). The lowest BCUT2D eigenvalue weighted by Crippen LogP contribution is -2.49. The van der Waals surface area contributed by atoms with Crippen molar-refractivity contribution in [2.45, 2.75) is 12.8 Å². The number of halogens is 3. The molecule has 0 bridgehead atoms. The Hall–Kier alpha value is -0.780. The minimum atomic E-state index is 0. The third-order valence-corrected chi connectivity index (χ3v) is 5.14. The van der Waals surface area contributed by atoms with Crippen LogP contribution in [0.2, 0.25) is 5.02 Å². The van der Waals surface area contributed by atoms with Crippen LogP contribution in [0.4, 0.5) is 0 Å². The number of nitrogens with zero attached hydrogens (tertiary/aromatic N) is 2. The van der Waals surface area contributed by atoms with E-state index < -0.39 is 0 Å². The standard InChI is InChI=1S/C19H26ClN3O.2ClH/c20-18-5-3-16(4-6-18)1-2-17-7-11-23(12-8-17)19(24)15-22-13-9-21-10-14-22;;/h1-6,17,21H,7-15H2;2*1H. The molecule has 4 nitrogen and oxygen atoms in total. The molecule has 2 heterocycles. The summed E-state index contributed by atoms with van der Waals surface area (Å²) in [4.78, 5) is 16.7. The minimum absolute atomic E-state index is 0. The van der Waals surface area contributed by atoms with E-state index in [2.05, 4.69) is 22.4 Å². The highest BCUT2D eigenvalue weighted by atomic mass is 35.5. The summed E-state index contributed by atoms with van der Waals surface area (Å²) >= 11 is 5.91. The number of benzene rings is 1. The van der Waals surface area contributed by atoms with Gasteiger partial charge in [-0.15, -0.1) is 24.8 Å². The van der Waals surface area contributed by atoms with Gasteiger partial charge < -0.3 is 10.2 Å². The maximum atomic E-state index is 12.4. The predicted octanol–water partition coefficient (Wildman–Crippen LogP) is 3.34. The molecule has 0 atom stereocenters. The summed E-state index contributed by atoms with van der Waals surface area (Å²) in [5.41, 5.74) is 1.18. The van der Waals surface area contributed by atoms with Crippen LogP contribution in [0.15, 0.2) is 30.3 Å². The highest BCUT2D eigenvalue weighted by Gasteiger charge is 2.23. The minimum Gasteiger partial charge on any atom is -0.342 e. The summed E-state index contributed by atoms with van der Waals surface area (Å²) in [5.74, 6) is 0.848. The monoisotopic (exact) mass is 419 g/mol. The number of piperidine rings is 1. The van der Waals surface area contributed by atoms with Crippen LogP contribution in [0.3, 0.4) is 0 Å². The number of piperazine rings is 1. The van der Waals surface area contributed by atoms with E-state index in [-0.39, 0.29) is 30.7 Å². The van der Waals surface area contributed by atoms with Gasteiger partial charge in [0.15, 0.2) is 0 Å². The zero-order valence-electron chi connectivity index (χ0n) is 14.9. The van der Waals surface area contributed by atoms with Gasteiger partial charge in [-0.1, -0.05) is 35.9 Å². The van der Waals surface area contributed by atoms with Gasteiger partial charge in [0.25, 0.3) is 0 Å². The van der Waals surface area contributed by atoms with Crippen molar-refractivity contribution in [1.82, 2.24) is 15.1 Å². The van der Waals surface area contributed by atoms with Gasteiger partial charge in [-0.05, 0) is 36.5 Å².